The Labute approximate surface area is 148 Å². The second-order valence-corrected chi connectivity index (χ2v) is 5.90. The number of fused-ring (bicyclic) bond motifs is 1. The van der Waals surface area contributed by atoms with Crippen LogP contribution in [0.3, 0.4) is 0 Å². The Morgan fingerprint density at radius 1 is 1.00 bits per heavy atom. The van der Waals surface area contributed by atoms with Crippen molar-refractivity contribution in [3.63, 3.8) is 0 Å². The molecule has 3 aromatic rings. The first-order valence-corrected chi connectivity index (χ1v) is 8.87. The summed E-state index contributed by atoms with van der Waals surface area (Å²) < 4.78 is 5.61. The van der Waals surface area contributed by atoms with E-state index in [1.165, 1.54) is 6.42 Å². The van der Waals surface area contributed by atoms with Crippen LogP contribution < -0.4 is 5.32 Å². The average Bonchev–Trinajstić information content (AvgIpc) is 2.67. The van der Waals surface area contributed by atoms with Gasteiger partial charge in [0.05, 0.1) is 5.52 Å². The van der Waals surface area contributed by atoms with Crippen molar-refractivity contribution in [1.29, 1.82) is 0 Å². The molecule has 2 aromatic heterocycles. The molecule has 0 aliphatic heterocycles. The highest BCUT2D eigenvalue weighted by Gasteiger charge is 2.08. The van der Waals surface area contributed by atoms with Crippen LogP contribution in [0.4, 0.5) is 5.82 Å². The maximum atomic E-state index is 5.61. The van der Waals surface area contributed by atoms with Crippen molar-refractivity contribution in [1.82, 2.24) is 15.0 Å². The number of para-hydroxylation sites is 1. The Bertz CT molecular complexity index is 792. The van der Waals surface area contributed by atoms with Crippen molar-refractivity contribution in [3.8, 4) is 11.4 Å². The van der Waals surface area contributed by atoms with Crippen molar-refractivity contribution in [2.75, 3.05) is 25.1 Å². The standard InChI is InChI=1S/C20H24N4O/c1-2-3-13-25-14-7-12-22-20-17-9-4-5-10-18(17)23-19(24-20)16-8-6-11-21-15-16/h4-6,8-11,15H,2-3,7,12-14H2,1H3,(H,22,23,24). The van der Waals surface area contributed by atoms with E-state index in [0.717, 1.165) is 54.9 Å². The van der Waals surface area contributed by atoms with Gasteiger partial charge in [0.25, 0.3) is 0 Å². The number of nitrogens with one attached hydrogen (secondary N) is 1. The fourth-order valence-electron chi connectivity index (χ4n) is 2.56. The number of pyridine rings is 1. The predicted octanol–water partition coefficient (Wildman–Crippen LogP) is 4.31. The van der Waals surface area contributed by atoms with E-state index in [-0.39, 0.29) is 0 Å². The van der Waals surface area contributed by atoms with E-state index in [2.05, 4.69) is 22.2 Å². The predicted molar refractivity (Wildman–Crippen MR) is 102 cm³/mol. The van der Waals surface area contributed by atoms with Crippen LogP contribution in [0.25, 0.3) is 22.3 Å². The minimum absolute atomic E-state index is 0.688. The number of hydrogen-bond acceptors (Lipinski definition) is 5. The Morgan fingerprint density at radius 3 is 2.72 bits per heavy atom. The molecule has 0 aliphatic rings. The smallest absolute Gasteiger partial charge is 0.163 e. The number of anilines is 1. The molecule has 0 atom stereocenters. The number of rotatable bonds is 9. The molecule has 25 heavy (non-hydrogen) atoms. The van der Waals surface area contributed by atoms with Crippen molar-refractivity contribution in [2.24, 2.45) is 0 Å². The lowest BCUT2D eigenvalue weighted by Crippen LogP contribution is -2.09. The normalized spacial score (nSPS) is 10.9. The van der Waals surface area contributed by atoms with Crippen LogP contribution in [0.1, 0.15) is 26.2 Å². The molecule has 0 saturated carbocycles. The van der Waals surface area contributed by atoms with Crippen LogP contribution in [0.5, 0.6) is 0 Å². The van der Waals surface area contributed by atoms with Gasteiger partial charge >= 0.3 is 0 Å². The summed E-state index contributed by atoms with van der Waals surface area (Å²) in [7, 11) is 0. The summed E-state index contributed by atoms with van der Waals surface area (Å²) in [6.07, 6.45) is 6.78. The first kappa shape index (κ1) is 17.3. The monoisotopic (exact) mass is 336 g/mol. The van der Waals surface area contributed by atoms with Gasteiger partial charge < -0.3 is 10.1 Å². The molecule has 2 heterocycles. The van der Waals surface area contributed by atoms with Gasteiger partial charge in [-0.3, -0.25) is 4.98 Å². The highest BCUT2D eigenvalue weighted by atomic mass is 16.5. The van der Waals surface area contributed by atoms with E-state index >= 15 is 0 Å². The molecule has 0 unspecified atom stereocenters. The minimum Gasteiger partial charge on any atom is -0.381 e. The molecule has 5 nitrogen and oxygen atoms in total. The summed E-state index contributed by atoms with van der Waals surface area (Å²) in [5.74, 6) is 1.55. The maximum absolute atomic E-state index is 5.61. The summed E-state index contributed by atoms with van der Waals surface area (Å²) in [4.78, 5) is 13.5. The summed E-state index contributed by atoms with van der Waals surface area (Å²) in [5, 5.41) is 4.47. The van der Waals surface area contributed by atoms with E-state index < -0.39 is 0 Å². The van der Waals surface area contributed by atoms with Gasteiger partial charge in [-0.1, -0.05) is 25.5 Å². The van der Waals surface area contributed by atoms with Gasteiger partial charge in [-0.15, -0.1) is 0 Å². The van der Waals surface area contributed by atoms with Crippen LogP contribution in [-0.2, 0) is 4.74 Å². The Hall–Kier alpha value is -2.53. The van der Waals surface area contributed by atoms with E-state index in [0.29, 0.717) is 5.82 Å². The Balaban J connectivity index is 1.72. The first-order valence-electron chi connectivity index (χ1n) is 8.87. The summed E-state index contributed by atoms with van der Waals surface area (Å²) in [6.45, 7) is 4.61. The molecule has 0 spiro atoms. The fourth-order valence-corrected chi connectivity index (χ4v) is 2.56. The number of hydrogen-bond donors (Lipinski definition) is 1. The third kappa shape index (κ3) is 4.73. The molecule has 0 amide bonds. The minimum atomic E-state index is 0.688. The highest BCUT2D eigenvalue weighted by molar-refractivity contribution is 5.90. The topological polar surface area (TPSA) is 59.9 Å². The lowest BCUT2D eigenvalue weighted by molar-refractivity contribution is 0.131. The molecule has 130 valence electrons. The van der Waals surface area contributed by atoms with Gasteiger partial charge in [-0.05, 0) is 37.1 Å². The molecule has 0 fully saturated rings. The molecule has 0 bridgehead atoms. The zero-order valence-corrected chi connectivity index (χ0v) is 14.6. The van der Waals surface area contributed by atoms with Gasteiger partial charge in [-0.2, -0.15) is 0 Å². The van der Waals surface area contributed by atoms with E-state index in [1.807, 2.05) is 36.4 Å². The Kier molecular flexibility index (Phi) is 6.29. The first-order chi connectivity index (χ1) is 12.4. The van der Waals surface area contributed by atoms with E-state index in [4.69, 9.17) is 9.72 Å². The van der Waals surface area contributed by atoms with Crippen molar-refractivity contribution in [3.05, 3.63) is 48.8 Å². The lowest BCUT2D eigenvalue weighted by atomic mass is 10.2. The molecule has 0 radical (unpaired) electrons. The number of benzene rings is 1. The number of aromatic nitrogens is 3. The second-order valence-electron chi connectivity index (χ2n) is 5.90. The van der Waals surface area contributed by atoms with Gasteiger partial charge in [-0.25, -0.2) is 9.97 Å². The highest BCUT2D eigenvalue weighted by Crippen LogP contribution is 2.24. The lowest BCUT2D eigenvalue weighted by Gasteiger charge is -2.11. The van der Waals surface area contributed by atoms with Crippen LogP contribution >= 0.6 is 0 Å². The van der Waals surface area contributed by atoms with Crippen molar-refractivity contribution < 1.29 is 4.74 Å². The summed E-state index contributed by atoms with van der Waals surface area (Å²) in [6, 6.07) is 11.9. The molecular formula is C20H24N4O. The largest absolute Gasteiger partial charge is 0.381 e. The van der Waals surface area contributed by atoms with Gasteiger partial charge in [0.2, 0.25) is 0 Å². The molecule has 3 rings (SSSR count). The second kappa shape index (κ2) is 9.08. The van der Waals surface area contributed by atoms with Crippen LogP contribution in [0.2, 0.25) is 0 Å². The molecule has 0 aliphatic carbocycles. The number of nitrogens with zero attached hydrogens (tertiary/aromatic N) is 3. The van der Waals surface area contributed by atoms with Gasteiger partial charge in [0.15, 0.2) is 5.82 Å². The van der Waals surface area contributed by atoms with Gasteiger partial charge in [0, 0.05) is 43.1 Å². The van der Waals surface area contributed by atoms with Crippen molar-refractivity contribution >= 4 is 16.7 Å². The SMILES string of the molecule is CCCCOCCCNc1nc(-c2cccnc2)nc2ccccc12. The molecule has 1 aromatic carbocycles. The molecule has 5 heteroatoms. The zero-order chi connectivity index (χ0) is 17.3. The summed E-state index contributed by atoms with van der Waals surface area (Å²) >= 11 is 0. The van der Waals surface area contributed by atoms with E-state index in [9.17, 15) is 0 Å². The third-order valence-electron chi connectivity index (χ3n) is 3.92. The van der Waals surface area contributed by atoms with Crippen LogP contribution in [0, 0.1) is 0 Å². The molecular weight excluding hydrogens is 312 g/mol. The molecule has 1 N–H and O–H groups in total. The van der Waals surface area contributed by atoms with Gasteiger partial charge in [0.1, 0.15) is 5.82 Å². The van der Waals surface area contributed by atoms with Crippen molar-refractivity contribution in [2.45, 2.75) is 26.2 Å². The fraction of sp³-hybridized carbons (Fsp3) is 0.350. The average molecular weight is 336 g/mol. The van der Waals surface area contributed by atoms with E-state index in [1.54, 1.807) is 12.4 Å². The van der Waals surface area contributed by atoms with Crippen LogP contribution in [0.15, 0.2) is 48.8 Å². The maximum Gasteiger partial charge on any atom is 0.163 e. The third-order valence-corrected chi connectivity index (χ3v) is 3.92. The number of unbranched alkanes of at least 4 members (excludes halogenated alkanes) is 1. The Morgan fingerprint density at radius 2 is 1.88 bits per heavy atom. The quantitative estimate of drug-likeness (QED) is 0.590. The molecule has 0 saturated heterocycles. The van der Waals surface area contributed by atoms with Crippen LogP contribution in [-0.4, -0.2) is 34.7 Å². The number of ether oxygens (including phenoxy) is 1. The zero-order valence-electron chi connectivity index (χ0n) is 14.6. The summed E-state index contributed by atoms with van der Waals surface area (Å²) in [5.41, 5.74) is 1.84.